The smallest absolute Gasteiger partial charge is 0.410 e. The van der Waals surface area contributed by atoms with Crippen LogP contribution in [0.4, 0.5) is 10.6 Å². The topological polar surface area (TPSA) is 142 Å². The van der Waals surface area contributed by atoms with Crippen LogP contribution < -0.4 is 10.0 Å². The Kier molecular flexibility index (Phi) is 6.15. The highest BCUT2D eigenvalue weighted by Crippen LogP contribution is 2.46. The van der Waals surface area contributed by atoms with Crippen molar-refractivity contribution in [2.45, 2.75) is 42.6 Å². The van der Waals surface area contributed by atoms with Gasteiger partial charge in [-0.15, -0.1) is 11.3 Å². The second-order valence-corrected chi connectivity index (χ2v) is 13.1. The molecule has 1 atom stereocenters. The van der Waals surface area contributed by atoms with Gasteiger partial charge in [0.25, 0.3) is 0 Å². The third-order valence-corrected chi connectivity index (χ3v) is 10.3. The number of nitrogens with one attached hydrogen (secondary N) is 2. The maximum Gasteiger partial charge on any atom is 0.410 e. The second-order valence-electron chi connectivity index (χ2n) is 9.62. The lowest BCUT2D eigenvalue weighted by atomic mass is 10.0. The van der Waals surface area contributed by atoms with E-state index in [4.69, 9.17) is 16.7 Å². The lowest BCUT2D eigenvalue weighted by Gasteiger charge is -2.19. The Labute approximate surface area is 227 Å². The molecule has 6 rings (SSSR count). The zero-order valence-corrected chi connectivity index (χ0v) is 22.3. The number of carbonyl (C=O) groups is 1. The highest BCUT2D eigenvalue weighted by Gasteiger charge is 2.42. The minimum Gasteiger partial charge on any atom is -0.465 e. The third-order valence-electron chi connectivity index (χ3n) is 6.77. The van der Waals surface area contributed by atoms with E-state index in [2.05, 4.69) is 20.0 Å². The van der Waals surface area contributed by atoms with E-state index in [9.17, 15) is 18.3 Å². The molecule has 3 aromatic heterocycles. The van der Waals surface area contributed by atoms with Crippen LogP contribution in [0.2, 0.25) is 5.02 Å². The summed E-state index contributed by atoms with van der Waals surface area (Å²) in [5, 5.41) is 22.5. The van der Waals surface area contributed by atoms with Crippen molar-refractivity contribution in [3.05, 3.63) is 75.9 Å². The fourth-order valence-corrected chi connectivity index (χ4v) is 7.47. The first-order valence-electron chi connectivity index (χ1n) is 12.0. The second kappa shape index (κ2) is 9.28. The monoisotopic (exact) mass is 570 g/mol. The normalized spacial score (nSPS) is 17.3. The molecule has 12 heteroatoms. The average molecular weight is 571 g/mol. The van der Waals surface area contributed by atoms with Crippen LogP contribution in [0.1, 0.15) is 47.9 Å². The Hall–Kier alpha value is -3.09. The van der Waals surface area contributed by atoms with Crippen LogP contribution in [-0.2, 0) is 15.6 Å². The van der Waals surface area contributed by atoms with E-state index in [1.54, 1.807) is 6.20 Å². The van der Waals surface area contributed by atoms with Gasteiger partial charge in [0, 0.05) is 21.3 Å². The standard InChI is InChI=1S/C26H23ClN4O5S2/c27-18-6-7-21(30-25(32)33)29-22(18)23(31-38(35,36)16-4-5-16)20-12-14-2-1-3-17(24(14)37-20)19-13-15(8-11-28-19)26(34)9-10-26/h1-3,6-8,11-13,16,23,31,34H,4-5,9-10H2,(H,29,30)(H,32,33). The summed E-state index contributed by atoms with van der Waals surface area (Å²) in [6, 6.07) is 13.4. The molecule has 1 aromatic carbocycles. The van der Waals surface area contributed by atoms with E-state index in [1.807, 2.05) is 36.4 Å². The number of amides is 1. The maximum atomic E-state index is 13.0. The molecule has 0 aliphatic heterocycles. The molecule has 38 heavy (non-hydrogen) atoms. The number of fused-ring (bicyclic) bond motifs is 1. The lowest BCUT2D eigenvalue weighted by molar-refractivity contribution is 0.151. The summed E-state index contributed by atoms with van der Waals surface area (Å²) >= 11 is 7.88. The molecule has 0 bridgehead atoms. The van der Waals surface area contributed by atoms with E-state index < -0.39 is 33.0 Å². The fraction of sp³-hybridized carbons (Fsp3) is 0.269. The molecule has 0 saturated heterocycles. The number of halogens is 1. The summed E-state index contributed by atoms with van der Waals surface area (Å²) in [6.07, 6.45) is 2.99. The Bertz CT molecular complexity index is 1680. The van der Waals surface area contributed by atoms with Crippen LogP contribution in [0, 0.1) is 0 Å². The summed E-state index contributed by atoms with van der Waals surface area (Å²) in [7, 11) is -3.67. The van der Waals surface area contributed by atoms with Gasteiger partial charge in [0.1, 0.15) is 5.82 Å². The van der Waals surface area contributed by atoms with Gasteiger partial charge in [-0.2, -0.15) is 0 Å². The summed E-state index contributed by atoms with van der Waals surface area (Å²) in [6.45, 7) is 0. The summed E-state index contributed by atoms with van der Waals surface area (Å²) in [4.78, 5) is 20.8. The van der Waals surface area contributed by atoms with E-state index in [-0.39, 0.29) is 16.5 Å². The Morgan fingerprint density at radius 2 is 1.95 bits per heavy atom. The number of hydrogen-bond donors (Lipinski definition) is 4. The van der Waals surface area contributed by atoms with Gasteiger partial charge in [-0.3, -0.25) is 10.3 Å². The minimum absolute atomic E-state index is 0.0355. The van der Waals surface area contributed by atoms with Crippen molar-refractivity contribution in [2.24, 2.45) is 0 Å². The number of rotatable bonds is 8. The van der Waals surface area contributed by atoms with Gasteiger partial charge in [-0.1, -0.05) is 29.8 Å². The zero-order chi connectivity index (χ0) is 26.7. The Morgan fingerprint density at radius 3 is 2.66 bits per heavy atom. The Morgan fingerprint density at radius 1 is 1.16 bits per heavy atom. The van der Waals surface area contributed by atoms with Crippen LogP contribution in [0.3, 0.4) is 0 Å². The summed E-state index contributed by atoms with van der Waals surface area (Å²) in [5.74, 6) is 0.0355. The van der Waals surface area contributed by atoms with E-state index in [0.29, 0.717) is 23.4 Å². The minimum atomic E-state index is -3.67. The molecule has 4 N–H and O–H groups in total. The van der Waals surface area contributed by atoms with Crippen LogP contribution in [0.25, 0.3) is 21.3 Å². The molecule has 1 unspecified atom stereocenters. The molecule has 3 heterocycles. The van der Waals surface area contributed by atoms with Crippen molar-refractivity contribution in [1.29, 1.82) is 0 Å². The van der Waals surface area contributed by atoms with Gasteiger partial charge in [-0.25, -0.2) is 22.9 Å². The van der Waals surface area contributed by atoms with Gasteiger partial charge in [-0.05, 0) is 67.0 Å². The zero-order valence-electron chi connectivity index (χ0n) is 19.9. The molecular weight excluding hydrogens is 548 g/mol. The third kappa shape index (κ3) is 4.87. The number of anilines is 1. The first-order valence-corrected chi connectivity index (χ1v) is 14.8. The highest BCUT2D eigenvalue weighted by atomic mass is 35.5. The number of sulfonamides is 1. The van der Waals surface area contributed by atoms with E-state index in [1.165, 1.54) is 23.5 Å². The number of thiophene rings is 1. The molecule has 2 aliphatic carbocycles. The van der Waals surface area contributed by atoms with Crippen LogP contribution >= 0.6 is 22.9 Å². The van der Waals surface area contributed by atoms with Crippen molar-refractivity contribution in [2.75, 3.05) is 5.32 Å². The number of pyridine rings is 2. The van der Waals surface area contributed by atoms with Crippen molar-refractivity contribution >= 4 is 55.0 Å². The predicted molar refractivity (Wildman–Crippen MR) is 146 cm³/mol. The highest BCUT2D eigenvalue weighted by molar-refractivity contribution is 7.90. The predicted octanol–water partition coefficient (Wildman–Crippen LogP) is 5.25. The summed E-state index contributed by atoms with van der Waals surface area (Å²) in [5.41, 5.74) is 1.79. The molecular formula is C26H23ClN4O5S2. The average Bonchev–Trinajstić information content (AvgIpc) is 3.82. The number of nitrogens with zero attached hydrogens (tertiary/aromatic N) is 2. The molecule has 2 fully saturated rings. The number of carboxylic acid groups (broad SMARTS) is 1. The van der Waals surface area contributed by atoms with Gasteiger partial charge >= 0.3 is 6.09 Å². The number of benzene rings is 1. The summed E-state index contributed by atoms with van der Waals surface area (Å²) < 4.78 is 29.8. The molecule has 0 radical (unpaired) electrons. The molecule has 2 aliphatic rings. The van der Waals surface area contributed by atoms with Gasteiger partial charge in [0.2, 0.25) is 10.0 Å². The van der Waals surface area contributed by atoms with Crippen molar-refractivity contribution in [3.63, 3.8) is 0 Å². The van der Waals surface area contributed by atoms with E-state index >= 15 is 0 Å². The lowest BCUT2D eigenvalue weighted by Crippen LogP contribution is -2.32. The quantitative estimate of drug-likeness (QED) is 0.226. The molecule has 1 amide bonds. The molecule has 2 saturated carbocycles. The van der Waals surface area contributed by atoms with Gasteiger partial charge in [0.15, 0.2) is 0 Å². The van der Waals surface area contributed by atoms with Crippen molar-refractivity contribution in [1.82, 2.24) is 14.7 Å². The van der Waals surface area contributed by atoms with Crippen LogP contribution in [-0.4, -0.2) is 39.9 Å². The number of hydrogen-bond acceptors (Lipinski definition) is 7. The molecule has 4 aromatic rings. The SMILES string of the molecule is O=C(O)Nc1ccc(Cl)c(C(NS(=O)(=O)C2CC2)c2cc3cccc(-c4cc(C5(O)CC5)ccn4)c3s2)n1. The Balaban J connectivity index is 1.47. The molecule has 9 nitrogen and oxygen atoms in total. The fourth-order valence-electron chi connectivity index (χ4n) is 4.43. The first kappa shape index (κ1) is 25.2. The number of aliphatic hydroxyl groups is 1. The van der Waals surface area contributed by atoms with Crippen molar-refractivity contribution < 1.29 is 23.4 Å². The van der Waals surface area contributed by atoms with Gasteiger partial charge in [0.05, 0.1) is 33.3 Å². The van der Waals surface area contributed by atoms with Crippen molar-refractivity contribution in [3.8, 4) is 11.3 Å². The molecule has 0 spiro atoms. The van der Waals surface area contributed by atoms with E-state index in [0.717, 1.165) is 34.1 Å². The van der Waals surface area contributed by atoms with Crippen LogP contribution in [0.5, 0.6) is 0 Å². The maximum absolute atomic E-state index is 13.0. The van der Waals surface area contributed by atoms with Gasteiger partial charge < -0.3 is 10.2 Å². The number of aromatic nitrogens is 2. The largest absolute Gasteiger partial charge is 0.465 e. The van der Waals surface area contributed by atoms with Crippen LogP contribution in [0.15, 0.2) is 54.7 Å². The molecule has 196 valence electrons. The first-order chi connectivity index (χ1) is 18.1.